The molecule has 2 amide bonds. The zero-order valence-corrected chi connectivity index (χ0v) is 18.5. The highest BCUT2D eigenvalue weighted by Crippen LogP contribution is 2.32. The second-order valence-electron chi connectivity index (χ2n) is 8.18. The van der Waals surface area contributed by atoms with Crippen LogP contribution in [0.25, 0.3) is 0 Å². The number of rotatable bonds is 5. The highest BCUT2D eigenvalue weighted by atomic mass is 32.1. The number of hydrogen-bond donors (Lipinski definition) is 1. The summed E-state index contributed by atoms with van der Waals surface area (Å²) >= 11 is 1.09. The molecule has 0 aliphatic carbocycles. The molecule has 0 radical (unpaired) electrons. The topological polar surface area (TPSA) is 88.1 Å². The molecule has 1 aromatic carbocycles. The molecular formula is C22H25N5O2S. The summed E-state index contributed by atoms with van der Waals surface area (Å²) in [5.74, 6) is -0.694. The van der Waals surface area contributed by atoms with Crippen molar-refractivity contribution in [2.45, 2.75) is 46.2 Å². The molecule has 0 fully saturated rings. The molecule has 0 saturated carbocycles. The minimum absolute atomic E-state index is 0.192. The van der Waals surface area contributed by atoms with Crippen molar-refractivity contribution in [1.29, 1.82) is 0 Å². The van der Waals surface area contributed by atoms with Crippen LogP contribution < -0.4 is 10.2 Å². The Bertz CT molecular complexity index is 1030. The lowest BCUT2D eigenvalue weighted by Gasteiger charge is -2.34. The first-order valence-electron chi connectivity index (χ1n) is 9.57. The lowest BCUT2D eigenvalue weighted by atomic mass is 10.0. The fourth-order valence-corrected chi connectivity index (χ4v) is 3.65. The Morgan fingerprint density at radius 1 is 1.17 bits per heavy atom. The third-order valence-corrected chi connectivity index (χ3v) is 4.92. The standard InChI is InChI=1S/C22H25N5O2S/c1-14-8-9-18(15(2)11-14)27(21(29)17-13-30-26-25-17)19(16-7-6-10-23-12-16)20(28)24-22(3,4)5/h6-13,19H,1-5H3,(H,24,28)/t19-/m0/s1. The number of aryl methyl sites for hydroxylation is 2. The van der Waals surface area contributed by atoms with Crippen molar-refractivity contribution < 1.29 is 9.59 Å². The minimum atomic E-state index is -0.923. The Morgan fingerprint density at radius 2 is 1.93 bits per heavy atom. The molecule has 3 rings (SSSR count). The van der Waals surface area contributed by atoms with Gasteiger partial charge in [-0.3, -0.25) is 19.5 Å². The molecule has 0 bridgehead atoms. The monoisotopic (exact) mass is 423 g/mol. The van der Waals surface area contributed by atoms with Crippen LogP contribution >= 0.6 is 11.5 Å². The van der Waals surface area contributed by atoms with Gasteiger partial charge in [0.25, 0.3) is 5.91 Å². The van der Waals surface area contributed by atoms with E-state index in [0.29, 0.717) is 11.3 Å². The molecule has 0 aliphatic rings. The van der Waals surface area contributed by atoms with E-state index in [1.807, 2.05) is 52.8 Å². The van der Waals surface area contributed by atoms with Crippen molar-refractivity contribution in [3.63, 3.8) is 0 Å². The van der Waals surface area contributed by atoms with Gasteiger partial charge in [0.2, 0.25) is 5.91 Å². The molecule has 1 N–H and O–H groups in total. The average Bonchev–Trinajstić information content (AvgIpc) is 3.20. The molecule has 8 heteroatoms. The minimum Gasteiger partial charge on any atom is -0.349 e. The first kappa shape index (κ1) is 21.6. The highest BCUT2D eigenvalue weighted by molar-refractivity contribution is 7.03. The number of benzene rings is 1. The van der Waals surface area contributed by atoms with Gasteiger partial charge in [-0.05, 0) is 63.8 Å². The molecule has 7 nitrogen and oxygen atoms in total. The number of amides is 2. The maximum absolute atomic E-state index is 13.6. The van der Waals surface area contributed by atoms with Gasteiger partial charge in [0.15, 0.2) is 5.69 Å². The van der Waals surface area contributed by atoms with E-state index in [2.05, 4.69) is 19.9 Å². The number of carbonyl (C=O) groups is 2. The molecule has 30 heavy (non-hydrogen) atoms. The number of hydrogen-bond acceptors (Lipinski definition) is 6. The number of aromatic nitrogens is 3. The van der Waals surface area contributed by atoms with Gasteiger partial charge in [-0.15, -0.1) is 5.10 Å². The average molecular weight is 424 g/mol. The van der Waals surface area contributed by atoms with Crippen LogP contribution in [0.3, 0.4) is 0 Å². The Kier molecular flexibility index (Phi) is 6.26. The Hall–Kier alpha value is -3.13. The van der Waals surface area contributed by atoms with E-state index in [9.17, 15) is 9.59 Å². The van der Waals surface area contributed by atoms with Crippen LogP contribution in [0.2, 0.25) is 0 Å². The van der Waals surface area contributed by atoms with Gasteiger partial charge >= 0.3 is 0 Å². The van der Waals surface area contributed by atoms with Crippen LogP contribution in [0.4, 0.5) is 5.69 Å². The van der Waals surface area contributed by atoms with E-state index in [1.54, 1.807) is 29.9 Å². The molecule has 2 aromatic heterocycles. The summed E-state index contributed by atoms with van der Waals surface area (Å²) in [5, 5.41) is 8.54. The van der Waals surface area contributed by atoms with E-state index >= 15 is 0 Å². The predicted octanol–water partition coefficient (Wildman–Crippen LogP) is 3.85. The van der Waals surface area contributed by atoms with Gasteiger partial charge < -0.3 is 5.32 Å². The second kappa shape index (κ2) is 8.71. The van der Waals surface area contributed by atoms with E-state index in [0.717, 1.165) is 22.7 Å². The third-order valence-electron chi connectivity index (χ3n) is 4.41. The zero-order valence-electron chi connectivity index (χ0n) is 17.7. The van der Waals surface area contributed by atoms with Gasteiger partial charge in [0, 0.05) is 34.6 Å². The summed E-state index contributed by atoms with van der Waals surface area (Å²) in [5.41, 5.74) is 2.90. The van der Waals surface area contributed by atoms with Gasteiger partial charge in [-0.25, -0.2) is 0 Å². The molecule has 0 unspecified atom stereocenters. The van der Waals surface area contributed by atoms with Crippen LogP contribution in [-0.2, 0) is 4.79 Å². The normalized spacial score (nSPS) is 12.3. The van der Waals surface area contributed by atoms with E-state index in [4.69, 9.17) is 0 Å². The van der Waals surface area contributed by atoms with Gasteiger partial charge in [0.1, 0.15) is 6.04 Å². The summed E-state index contributed by atoms with van der Waals surface area (Å²) in [4.78, 5) is 32.7. The first-order chi connectivity index (χ1) is 14.2. The van der Waals surface area contributed by atoms with Gasteiger partial charge in [-0.1, -0.05) is 28.3 Å². The largest absolute Gasteiger partial charge is 0.349 e. The number of carbonyl (C=O) groups excluding carboxylic acids is 2. The SMILES string of the molecule is Cc1ccc(N(C(=O)c2csnn2)[C@H](C(=O)NC(C)(C)C)c2cccnc2)c(C)c1. The van der Waals surface area contributed by atoms with Gasteiger partial charge in [0.05, 0.1) is 0 Å². The van der Waals surface area contributed by atoms with Crippen LogP contribution in [0.1, 0.15) is 54.0 Å². The Morgan fingerprint density at radius 3 is 2.50 bits per heavy atom. The summed E-state index contributed by atoms with van der Waals surface area (Å²) in [7, 11) is 0. The van der Waals surface area contributed by atoms with Crippen LogP contribution in [0.15, 0.2) is 48.1 Å². The third kappa shape index (κ3) is 4.88. The molecule has 3 aromatic rings. The molecule has 0 aliphatic heterocycles. The van der Waals surface area contributed by atoms with E-state index < -0.39 is 17.5 Å². The van der Waals surface area contributed by atoms with Crippen molar-refractivity contribution in [3.05, 3.63) is 70.5 Å². The zero-order chi connectivity index (χ0) is 21.9. The molecule has 0 spiro atoms. The highest BCUT2D eigenvalue weighted by Gasteiger charge is 2.36. The maximum atomic E-state index is 13.6. The second-order valence-corrected chi connectivity index (χ2v) is 8.79. The summed E-state index contributed by atoms with van der Waals surface area (Å²) < 4.78 is 3.82. The number of nitrogens with one attached hydrogen (secondary N) is 1. The van der Waals surface area contributed by atoms with E-state index in [1.165, 1.54) is 4.90 Å². The molecule has 2 heterocycles. The molecule has 0 saturated heterocycles. The Balaban J connectivity index is 2.20. The smallest absolute Gasteiger partial charge is 0.280 e. The number of anilines is 1. The molecule has 156 valence electrons. The van der Waals surface area contributed by atoms with Crippen molar-refractivity contribution in [2.75, 3.05) is 4.90 Å². The number of nitrogens with zero attached hydrogens (tertiary/aromatic N) is 4. The summed E-state index contributed by atoms with van der Waals surface area (Å²) in [6.07, 6.45) is 3.24. The fraction of sp³-hybridized carbons (Fsp3) is 0.318. The van der Waals surface area contributed by atoms with Crippen molar-refractivity contribution >= 4 is 29.0 Å². The van der Waals surface area contributed by atoms with Gasteiger partial charge in [-0.2, -0.15) is 0 Å². The number of pyridine rings is 1. The van der Waals surface area contributed by atoms with E-state index in [-0.39, 0.29) is 11.6 Å². The maximum Gasteiger partial charge on any atom is 0.280 e. The first-order valence-corrected chi connectivity index (χ1v) is 10.4. The lowest BCUT2D eigenvalue weighted by molar-refractivity contribution is -0.123. The van der Waals surface area contributed by atoms with Crippen LogP contribution in [0.5, 0.6) is 0 Å². The lowest BCUT2D eigenvalue weighted by Crippen LogP contribution is -2.49. The van der Waals surface area contributed by atoms with Crippen LogP contribution in [0, 0.1) is 13.8 Å². The van der Waals surface area contributed by atoms with Crippen LogP contribution in [-0.4, -0.2) is 31.9 Å². The molecule has 1 atom stereocenters. The van der Waals surface area contributed by atoms with Crippen molar-refractivity contribution in [1.82, 2.24) is 19.9 Å². The summed E-state index contributed by atoms with van der Waals surface area (Å²) in [6.45, 7) is 9.61. The quantitative estimate of drug-likeness (QED) is 0.673. The summed E-state index contributed by atoms with van der Waals surface area (Å²) in [6, 6.07) is 8.38. The predicted molar refractivity (Wildman–Crippen MR) is 118 cm³/mol. The Labute approximate surface area is 180 Å². The fourth-order valence-electron chi connectivity index (χ4n) is 3.22. The molecular weight excluding hydrogens is 398 g/mol. The van der Waals surface area contributed by atoms with Crippen molar-refractivity contribution in [3.8, 4) is 0 Å². The van der Waals surface area contributed by atoms with Crippen molar-refractivity contribution in [2.24, 2.45) is 0 Å².